The van der Waals surface area contributed by atoms with Crippen molar-refractivity contribution >= 4 is 45.4 Å². The van der Waals surface area contributed by atoms with Crippen molar-refractivity contribution in [3.8, 4) is 0 Å². The van der Waals surface area contributed by atoms with E-state index in [4.69, 9.17) is 14.0 Å². The van der Waals surface area contributed by atoms with Gasteiger partial charge in [0.05, 0.1) is 15.9 Å². The summed E-state index contributed by atoms with van der Waals surface area (Å²) in [5.74, 6) is -0.473. The number of fused-ring (bicyclic) bond motifs is 1. The normalized spacial score (nSPS) is 18.7. The fourth-order valence-electron chi connectivity index (χ4n) is 2.60. The van der Waals surface area contributed by atoms with Crippen molar-refractivity contribution in [2.24, 2.45) is 0 Å². The summed E-state index contributed by atoms with van der Waals surface area (Å²) in [6, 6.07) is 2.97. The minimum absolute atomic E-state index is 0.165. The van der Waals surface area contributed by atoms with E-state index in [-0.39, 0.29) is 10.6 Å². The van der Waals surface area contributed by atoms with Crippen LogP contribution in [0.4, 0.5) is 14.3 Å². The van der Waals surface area contributed by atoms with Crippen LogP contribution < -0.4 is 10.8 Å². The number of nitrogens with zero attached hydrogens (tertiary/aromatic N) is 1. The molecule has 1 aromatic carbocycles. The fraction of sp³-hybridized carbons (Fsp3) is 0.556. The van der Waals surface area contributed by atoms with Crippen LogP contribution in [0.3, 0.4) is 0 Å². The lowest BCUT2D eigenvalue weighted by molar-refractivity contribution is 0.00578. The molecule has 0 atom stereocenters. The van der Waals surface area contributed by atoms with Crippen LogP contribution in [0.1, 0.15) is 48.5 Å². The van der Waals surface area contributed by atoms with E-state index in [1.165, 1.54) is 6.07 Å². The number of hydrogen-bond acceptors (Lipinski definition) is 6. The minimum atomic E-state index is -0.645. The van der Waals surface area contributed by atoms with E-state index in [1.54, 1.807) is 26.8 Å². The Labute approximate surface area is 162 Å². The van der Waals surface area contributed by atoms with E-state index in [0.717, 1.165) is 11.3 Å². The number of carbonyl (C=O) groups is 1. The molecule has 3 rings (SSSR count). The average Bonchev–Trinajstić information content (AvgIpc) is 2.96. The molecule has 146 valence electrons. The van der Waals surface area contributed by atoms with Gasteiger partial charge in [0, 0.05) is 5.46 Å². The van der Waals surface area contributed by atoms with Gasteiger partial charge in [-0.15, -0.1) is 0 Å². The van der Waals surface area contributed by atoms with Crippen LogP contribution in [0.15, 0.2) is 12.1 Å². The lowest BCUT2D eigenvalue weighted by Gasteiger charge is -2.32. The summed E-state index contributed by atoms with van der Waals surface area (Å²) in [5.41, 5.74) is -0.820. The Morgan fingerprint density at radius 3 is 2.37 bits per heavy atom. The van der Waals surface area contributed by atoms with Crippen molar-refractivity contribution in [3.05, 3.63) is 17.9 Å². The van der Waals surface area contributed by atoms with E-state index in [1.807, 2.05) is 27.7 Å². The van der Waals surface area contributed by atoms with Gasteiger partial charge in [-0.3, -0.25) is 5.32 Å². The maximum absolute atomic E-state index is 14.3. The average molecular weight is 394 g/mol. The van der Waals surface area contributed by atoms with Crippen LogP contribution in [-0.2, 0) is 14.0 Å². The van der Waals surface area contributed by atoms with Gasteiger partial charge in [0.15, 0.2) is 5.13 Å². The number of nitrogens with one attached hydrogen (secondary N) is 1. The van der Waals surface area contributed by atoms with Gasteiger partial charge in [-0.25, -0.2) is 14.2 Å². The van der Waals surface area contributed by atoms with Crippen LogP contribution in [0.25, 0.3) is 10.2 Å². The van der Waals surface area contributed by atoms with Crippen LogP contribution in [0.2, 0.25) is 0 Å². The van der Waals surface area contributed by atoms with Gasteiger partial charge in [-0.05, 0) is 54.5 Å². The second-order valence-electron chi connectivity index (χ2n) is 8.55. The number of aromatic nitrogens is 1. The molecule has 0 spiro atoms. The molecule has 1 aliphatic rings. The summed E-state index contributed by atoms with van der Waals surface area (Å²) in [4.78, 5) is 16.2. The number of anilines is 1. The number of ether oxygens (including phenoxy) is 1. The highest BCUT2D eigenvalue weighted by Crippen LogP contribution is 2.38. The van der Waals surface area contributed by atoms with Gasteiger partial charge >= 0.3 is 13.2 Å². The molecule has 1 aliphatic heterocycles. The molecule has 1 aromatic heterocycles. The van der Waals surface area contributed by atoms with Crippen molar-refractivity contribution in [2.45, 2.75) is 65.3 Å². The third kappa shape index (κ3) is 3.95. The SMILES string of the molecule is CC(C)(C)OC(=O)Nc1nc2c(F)ccc(B3OC(C)(C)C(C)(C)O3)c2s1. The summed E-state index contributed by atoms with van der Waals surface area (Å²) in [6.45, 7) is 13.1. The molecule has 27 heavy (non-hydrogen) atoms. The number of amides is 1. The van der Waals surface area contributed by atoms with E-state index in [0.29, 0.717) is 10.2 Å². The molecule has 2 aromatic rings. The van der Waals surface area contributed by atoms with Gasteiger partial charge in [0.2, 0.25) is 0 Å². The van der Waals surface area contributed by atoms with Gasteiger partial charge in [0.1, 0.15) is 16.9 Å². The molecule has 0 radical (unpaired) electrons. The Hall–Kier alpha value is -1.71. The highest BCUT2D eigenvalue weighted by Gasteiger charge is 2.52. The van der Waals surface area contributed by atoms with Gasteiger partial charge < -0.3 is 14.0 Å². The van der Waals surface area contributed by atoms with Crippen LogP contribution in [0.5, 0.6) is 0 Å². The van der Waals surface area contributed by atoms with Crippen molar-refractivity contribution in [1.82, 2.24) is 4.98 Å². The molecule has 0 aliphatic carbocycles. The van der Waals surface area contributed by atoms with Gasteiger partial charge in [-0.2, -0.15) is 0 Å². The molecule has 9 heteroatoms. The number of benzene rings is 1. The lowest BCUT2D eigenvalue weighted by Crippen LogP contribution is -2.41. The van der Waals surface area contributed by atoms with Crippen molar-refractivity contribution in [3.63, 3.8) is 0 Å². The molecular formula is C18H24BFN2O4S. The second kappa shape index (κ2) is 6.43. The van der Waals surface area contributed by atoms with Crippen molar-refractivity contribution < 1.29 is 23.2 Å². The number of halogens is 1. The predicted octanol–water partition coefficient (Wildman–Crippen LogP) is 4.08. The van der Waals surface area contributed by atoms with Gasteiger partial charge in [0.25, 0.3) is 0 Å². The minimum Gasteiger partial charge on any atom is -0.444 e. The molecule has 0 saturated carbocycles. The second-order valence-corrected chi connectivity index (χ2v) is 9.55. The third-order valence-electron chi connectivity index (χ3n) is 4.64. The topological polar surface area (TPSA) is 69.7 Å². The van der Waals surface area contributed by atoms with E-state index >= 15 is 0 Å². The molecule has 0 bridgehead atoms. The number of rotatable bonds is 2. The first-order valence-electron chi connectivity index (χ1n) is 8.74. The first kappa shape index (κ1) is 20.0. The molecule has 1 fully saturated rings. The van der Waals surface area contributed by atoms with E-state index in [9.17, 15) is 9.18 Å². The zero-order valence-electron chi connectivity index (χ0n) is 16.6. The predicted molar refractivity (Wildman–Crippen MR) is 105 cm³/mol. The monoisotopic (exact) mass is 394 g/mol. The molecule has 1 N–H and O–H groups in total. The van der Waals surface area contributed by atoms with Crippen LogP contribution in [-0.4, -0.2) is 35.0 Å². The van der Waals surface area contributed by atoms with Crippen LogP contribution >= 0.6 is 11.3 Å². The third-order valence-corrected chi connectivity index (χ3v) is 5.66. The summed E-state index contributed by atoms with van der Waals surface area (Å²) >= 11 is 1.16. The smallest absolute Gasteiger partial charge is 0.444 e. The number of carbonyl (C=O) groups excluding carboxylic acids is 1. The fourth-order valence-corrected chi connectivity index (χ4v) is 3.58. The lowest BCUT2D eigenvalue weighted by atomic mass is 9.79. The molecule has 6 nitrogen and oxygen atoms in total. The zero-order chi connectivity index (χ0) is 20.2. The van der Waals surface area contributed by atoms with Crippen molar-refractivity contribution in [2.75, 3.05) is 5.32 Å². The molecule has 1 amide bonds. The molecule has 2 heterocycles. The number of hydrogen-bond donors (Lipinski definition) is 1. The highest BCUT2D eigenvalue weighted by atomic mass is 32.1. The van der Waals surface area contributed by atoms with Crippen molar-refractivity contribution in [1.29, 1.82) is 0 Å². The Morgan fingerprint density at radius 2 is 1.81 bits per heavy atom. The highest BCUT2D eigenvalue weighted by molar-refractivity contribution is 7.23. The van der Waals surface area contributed by atoms with E-state index in [2.05, 4.69) is 10.3 Å². The Kier molecular flexibility index (Phi) is 4.77. The Bertz CT molecular complexity index is 875. The number of thiazole rings is 1. The summed E-state index contributed by atoms with van der Waals surface area (Å²) < 4.78 is 32.2. The largest absolute Gasteiger partial charge is 0.496 e. The molecular weight excluding hydrogens is 370 g/mol. The maximum atomic E-state index is 14.3. The van der Waals surface area contributed by atoms with Gasteiger partial charge in [-0.1, -0.05) is 17.4 Å². The van der Waals surface area contributed by atoms with Crippen LogP contribution in [0, 0.1) is 5.82 Å². The summed E-state index contributed by atoms with van der Waals surface area (Å²) in [5, 5.41) is 2.82. The molecule has 1 saturated heterocycles. The first-order valence-corrected chi connectivity index (χ1v) is 9.55. The Morgan fingerprint density at radius 1 is 1.22 bits per heavy atom. The standard InChI is InChI=1S/C18H24BFN2O4S/c1-16(2,3)24-15(23)22-14-21-12-11(20)9-8-10(13(12)27-14)19-25-17(4,5)18(6,7)26-19/h8-9H,1-7H3,(H,21,22,23). The molecule has 0 unspecified atom stereocenters. The van der Waals surface area contributed by atoms with E-state index < -0.39 is 35.8 Å². The quantitative estimate of drug-likeness (QED) is 0.778. The first-order chi connectivity index (χ1) is 12.3. The summed E-state index contributed by atoms with van der Waals surface area (Å²) in [6.07, 6.45) is -0.640. The summed E-state index contributed by atoms with van der Waals surface area (Å²) in [7, 11) is -0.645. The maximum Gasteiger partial charge on any atom is 0.496 e. The Balaban J connectivity index is 1.94. The zero-order valence-corrected chi connectivity index (χ0v) is 17.4.